The van der Waals surface area contributed by atoms with Gasteiger partial charge in [0.15, 0.2) is 5.78 Å². The maximum atomic E-state index is 13.1. The van der Waals surface area contributed by atoms with Crippen molar-refractivity contribution in [1.82, 2.24) is 0 Å². The van der Waals surface area contributed by atoms with E-state index in [1.807, 2.05) is 0 Å². The predicted molar refractivity (Wildman–Crippen MR) is 102 cm³/mol. The lowest BCUT2D eigenvalue weighted by atomic mass is 10.0. The second kappa shape index (κ2) is 6.93. The Morgan fingerprint density at radius 2 is 1.59 bits per heavy atom. The first-order valence-corrected chi connectivity index (χ1v) is 10.3. The van der Waals surface area contributed by atoms with E-state index in [1.165, 1.54) is 54.6 Å². The Hall–Kier alpha value is -3.32. The van der Waals surface area contributed by atoms with Crippen molar-refractivity contribution >= 4 is 21.6 Å². The van der Waals surface area contributed by atoms with Crippen LogP contribution in [-0.2, 0) is 14.6 Å². The molecule has 7 heteroatoms. The molecule has 1 atom stereocenters. The van der Waals surface area contributed by atoms with E-state index in [0.717, 1.165) is 6.07 Å². The first-order chi connectivity index (χ1) is 13.8. The molecule has 146 valence electrons. The van der Waals surface area contributed by atoms with Gasteiger partial charge in [-0.15, -0.1) is 0 Å². The smallest absolute Gasteiger partial charge is 0.338 e. The van der Waals surface area contributed by atoms with Crippen molar-refractivity contribution in [3.8, 4) is 0 Å². The summed E-state index contributed by atoms with van der Waals surface area (Å²) in [5.74, 6) is -1.56. The third-order valence-electron chi connectivity index (χ3n) is 4.80. The molecule has 3 aromatic rings. The first-order valence-electron chi connectivity index (χ1n) is 8.78. The summed E-state index contributed by atoms with van der Waals surface area (Å²) in [5, 5.41) is 0. The van der Waals surface area contributed by atoms with Crippen molar-refractivity contribution in [2.24, 2.45) is 0 Å². The number of hydrogen-bond donors (Lipinski definition) is 0. The minimum Gasteiger partial charge on any atom is -0.454 e. The zero-order valence-corrected chi connectivity index (χ0v) is 16.1. The van der Waals surface area contributed by atoms with E-state index < -0.39 is 33.5 Å². The Kier molecular flexibility index (Phi) is 4.55. The molecule has 29 heavy (non-hydrogen) atoms. The first kappa shape index (κ1) is 19.0. The van der Waals surface area contributed by atoms with E-state index in [9.17, 15) is 22.4 Å². The number of sulfone groups is 1. The summed E-state index contributed by atoms with van der Waals surface area (Å²) in [5.41, 5.74) is 0.731. The Morgan fingerprint density at radius 3 is 2.31 bits per heavy atom. The molecule has 0 fully saturated rings. The molecule has 0 spiro atoms. The summed E-state index contributed by atoms with van der Waals surface area (Å²) < 4.78 is 44.3. The van der Waals surface area contributed by atoms with E-state index in [2.05, 4.69) is 0 Å². The second-order valence-corrected chi connectivity index (χ2v) is 8.53. The molecule has 0 saturated heterocycles. The van der Waals surface area contributed by atoms with Gasteiger partial charge in [-0.2, -0.15) is 0 Å². The molecular formula is C22H15FO5S. The maximum Gasteiger partial charge on any atom is 0.338 e. The van der Waals surface area contributed by atoms with Gasteiger partial charge in [-0.25, -0.2) is 17.6 Å². The van der Waals surface area contributed by atoms with E-state index >= 15 is 0 Å². The number of fused-ring (bicyclic) bond motifs is 2. The fourth-order valence-corrected chi connectivity index (χ4v) is 4.92. The van der Waals surface area contributed by atoms with Gasteiger partial charge in [0.05, 0.1) is 15.4 Å². The van der Waals surface area contributed by atoms with Gasteiger partial charge in [-0.1, -0.05) is 24.3 Å². The summed E-state index contributed by atoms with van der Waals surface area (Å²) in [4.78, 5) is 24.9. The van der Waals surface area contributed by atoms with E-state index in [1.54, 1.807) is 13.0 Å². The number of ketones is 1. The molecular weight excluding hydrogens is 395 g/mol. The third-order valence-corrected chi connectivity index (χ3v) is 6.65. The van der Waals surface area contributed by atoms with Gasteiger partial charge in [0.25, 0.3) is 0 Å². The zero-order chi connectivity index (χ0) is 20.8. The summed E-state index contributed by atoms with van der Waals surface area (Å²) in [7, 11) is -3.95. The number of ether oxygens (including phenoxy) is 1. The van der Waals surface area contributed by atoms with Gasteiger partial charge in [-0.3, -0.25) is 4.79 Å². The highest BCUT2D eigenvalue weighted by Crippen LogP contribution is 2.35. The maximum absolute atomic E-state index is 13.1. The Balaban J connectivity index is 1.68. The summed E-state index contributed by atoms with van der Waals surface area (Å²) in [6.45, 7) is 1.63. The largest absolute Gasteiger partial charge is 0.454 e. The molecule has 4 rings (SSSR count). The Bertz CT molecular complexity index is 1250. The second-order valence-electron chi connectivity index (χ2n) is 6.64. The number of hydrogen-bond acceptors (Lipinski definition) is 5. The lowest BCUT2D eigenvalue weighted by Gasteiger charge is -2.19. The van der Waals surface area contributed by atoms with E-state index in [-0.39, 0.29) is 26.5 Å². The molecule has 5 nitrogen and oxygen atoms in total. The molecule has 0 N–H and O–H groups in total. The fraction of sp³-hybridized carbons (Fsp3) is 0.0909. The lowest BCUT2D eigenvalue weighted by Crippen LogP contribution is -2.21. The van der Waals surface area contributed by atoms with Crippen LogP contribution in [0.15, 0.2) is 76.5 Å². The van der Waals surface area contributed by atoms with Crippen LogP contribution < -0.4 is 0 Å². The number of carbonyl (C=O) groups is 2. The molecule has 0 bridgehead atoms. The van der Waals surface area contributed by atoms with Crippen LogP contribution in [0, 0.1) is 5.82 Å². The zero-order valence-electron chi connectivity index (χ0n) is 15.3. The Labute approximate surface area is 166 Å². The van der Waals surface area contributed by atoms with Gasteiger partial charge in [0.2, 0.25) is 9.84 Å². The average molecular weight is 410 g/mol. The lowest BCUT2D eigenvalue weighted by molar-refractivity contribution is 0.0337. The van der Waals surface area contributed by atoms with Crippen molar-refractivity contribution in [3.05, 3.63) is 94.8 Å². The molecule has 3 aromatic carbocycles. The van der Waals surface area contributed by atoms with Crippen molar-refractivity contribution in [1.29, 1.82) is 0 Å². The molecule has 1 heterocycles. The molecule has 0 radical (unpaired) electrons. The van der Waals surface area contributed by atoms with E-state index in [4.69, 9.17) is 4.74 Å². The third kappa shape index (κ3) is 3.23. The van der Waals surface area contributed by atoms with Gasteiger partial charge < -0.3 is 4.74 Å². The van der Waals surface area contributed by atoms with Gasteiger partial charge in [0.1, 0.15) is 11.9 Å². The topological polar surface area (TPSA) is 77.5 Å². The summed E-state index contributed by atoms with van der Waals surface area (Å²) in [6.07, 6.45) is -0.668. The van der Waals surface area contributed by atoms with Crippen LogP contribution in [0.5, 0.6) is 0 Å². The van der Waals surface area contributed by atoms with Crippen LogP contribution >= 0.6 is 0 Å². The van der Waals surface area contributed by atoms with Crippen molar-refractivity contribution < 1.29 is 27.1 Å². The van der Waals surface area contributed by atoms with Gasteiger partial charge in [0, 0.05) is 11.1 Å². The minimum atomic E-state index is -3.95. The Morgan fingerprint density at radius 1 is 0.931 bits per heavy atom. The molecule has 1 aliphatic heterocycles. The summed E-state index contributed by atoms with van der Waals surface area (Å²) in [6, 6.07) is 15.3. The SMILES string of the molecule is C[C@H](OC(=O)c1ccc2c(c1)S(=O)(=O)c1ccccc1C2=O)c1ccc(F)cc1. The van der Waals surface area contributed by atoms with Gasteiger partial charge >= 0.3 is 5.97 Å². The molecule has 0 saturated carbocycles. The highest BCUT2D eigenvalue weighted by Gasteiger charge is 2.35. The molecule has 0 aromatic heterocycles. The van der Waals surface area contributed by atoms with Crippen LogP contribution in [0.2, 0.25) is 0 Å². The van der Waals surface area contributed by atoms with Crippen LogP contribution in [0.25, 0.3) is 0 Å². The predicted octanol–water partition coefficient (Wildman–Crippen LogP) is 4.12. The van der Waals surface area contributed by atoms with Crippen molar-refractivity contribution in [2.45, 2.75) is 22.8 Å². The minimum absolute atomic E-state index is 0.00784. The van der Waals surface area contributed by atoms with E-state index in [0.29, 0.717) is 5.56 Å². The quantitative estimate of drug-likeness (QED) is 0.475. The standard InChI is InChI=1S/C22H15FO5S/c1-13(14-6-9-16(23)10-7-14)28-22(25)15-8-11-18-20(12-15)29(26,27)19-5-3-2-4-17(19)21(18)24/h2-13H,1H3/t13-/m0/s1. The van der Waals surface area contributed by atoms with Crippen LogP contribution in [0.4, 0.5) is 4.39 Å². The van der Waals surface area contributed by atoms with Crippen molar-refractivity contribution in [2.75, 3.05) is 0 Å². The average Bonchev–Trinajstić information content (AvgIpc) is 2.72. The number of halogens is 1. The number of esters is 1. The number of rotatable bonds is 3. The van der Waals surface area contributed by atoms with Crippen LogP contribution in [0.3, 0.4) is 0 Å². The highest BCUT2D eigenvalue weighted by molar-refractivity contribution is 7.91. The van der Waals surface area contributed by atoms with Crippen LogP contribution in [0.1, 0.15) is 44.9 Å². The van der Waals surface area contributed by atoms with Gasteiger partial charge in [-0.05, 0) is 55.0 Å². The summed E-state index contributed by atoms with van der Waals surface area (Å²) >= 11 is 0. The molecule has 0 unspecified atom stereocenters. The molecule has 0 aliphatic carbocycles. The molecule has 1 aliphatic rings. The molecule has 0 amide bonds. The highest BCUT2D eigenvalue weighted by atomic mass is 32.2. The normalized spacial score (nSPS) is 15.2. The monoisotopic (exact) mass is 410 g/mol. The van der Waals surface area contributed by atoms with Crippen LogP contribution in [-0.4, -0.2) is 20.2 Å². The van der Waals surface area contributed by atoms with Crippen molar-refractivity contribution in [3.63, 3.8) is 0 Å². The number of carbonyl (C=O) groups excluding carboxylic acids is 2. The fourth-order valence-electron chi connectivity index (χ4n) is 3.24. The number of benzene rings is 3.